The molecular formula is C14H17NO7. The molecule has 1 aromatic carbocycles. The first-order chi connectivity index (χ1) is 10.5. The predicted molar refractivity (Wildman–Crippen MR) is 75.0 cm³/mol. The third-order valence-electron chi connectivity index (χ3n) is 2.48. The van der Waals surface area contributed by atoms with Gasteiger partial charge in [-0.05, 0) is 25.1 Å². The number of ether oxygens (including phenoxy) is 4. The second kappa shape index (κ2) is 8.50. The first-order valence-electron chi connectivity index (χ1n) is 6.37. The van der Waals surface area contributed by atoms with Crippen LogP contribution in [0.2, 0.25) is 0 Å². The highest BCUT2D eigenvalue weighted by atomic mass is 16.6. The SMILES string of the molecule is CCOC(=O)NC(=O)COC(=O)c1cc(OC)ccc1OC. The lowest BCUT2D eigenvalue weighted by Crippen LogP contribution is -2.34. The van der Waals surface area contributed by atoms with Crippen LogP contribution in [-0.2, 0) is 14.3 Å². The van der Waals surface area contributed by atoms with Gasteiger partial charge in [0.1, 0.15) is 17.1 Å². The van der Waals surface area contributed by atoms with Crippen molar-refractivity contribution in [3.8, 4) is 11.5 Å². The number of nitrogens with one attached hydrogen (secondary N) is 1. The van der Waals surface area contributed by atoms with Gasteiger partial charge in [-0.3, -0.25) is 10.1 Å². The molecule has 8 nitrogen and oxygen atoms in total. The van der Waals surface area contributed by atoms with Gasteiger partial charge in [0.2, 0.25) is 0 Å². The molecule has 0 spiro atoms. The molecule has 0 aromatic heterocycles. The monoisotopic (exact) mass is 311 g/mol. The Morgan fingerprint density at radius 3 is 2.41 bits per heavy atom. The van der Waals surface area contributed by atoms with Gasteiger partial charge in [0.05, 0.1) is 20.8 Å². The van der Waals surface area contributed by atoms with E-state index in [2.05, 4.69) is 4.74 Å². The van der Waals surface area contributed by atoms with Gasteiger partial charge in [-0.25, -0.2) is 9.59 Å². The van der Waals surface area contributed by atoms with Crippen molar-refractivity contribution in [1.82, 2.24) is 5.32 Å². The van der Waals surface area contributed by atoms with E-state index in [9.17, 15) is 14.4 Å². The summed E-state index contributed by atoms with van der Waals surface area (Å²) in [5.41, 5.74) is 0.103. The normalized spacial score (nSPS) is 9.59. The van der Waals surface area contributed by atoms with E-state index in [1.165, 1.54) is 26.4 Å². The lowest BCUT2D eigenvalue weighted by atomic mass is 10.2. The number of rotatable bonds is 6. The van der Waals surface area contributed by atoms with Crippen molar-refractivity contribution < 1.29 is 33.3 Å². The van der Waals surface area contributed by atoms with Crippen molar-refractivity contribution in [3.05, 3.63) is 23.8 Å². The molecule has 0 unspecified atom stereocenters. The van der Waals surface area contributed by atoms with Crippen molar-refractivity contribution in [2.45, 2.75) is 6.92 Å². The van der Waals surface area contributed by atoms with Crippen LogP contribution in [0.25, 0.3) is 0 Å². The van der Waals surface area contributed by atoms with Crippen LogP contribution in [0, 0.1) is 0 Å². The minimum atomic E-state index is -0.900. The maximum absolute atomic E-state index is 12.0. The molecule has 0 atom stereocenters. The number of benzene rings is 1. The average molecular weight is 311 g/mol. The van der Waals surface area contributed by atoms with Gasteiger partial charge in [0, 0.05) is 0 Å². The second-order valence-corrected chi connectivity index (χ2v) is 3.91. The summed E-state index contributed by atoms with van der Waals surface area (Å²) >= 11 is 0. The van der Waals surface area contributed by atoms with Crippen LogP contribution < -0.4 is 14.8 Å². The molecule has 0 saturated carbocycles. The van der Waals surface area contributed by atoms with E-state index < -0.39 is 24.6 Å². The molecule has 22 heavy (non-hydrogen) atoms. The minimum Gasteiger partial charge on any atom is -0.497 e. The van der Waals surface area contributed by atoms with Gasteiger partial charge in [-0.1, -0.05) is 0 Å². The lowest BCUT2D eigenvalue weighted by molar-refractivity contribution is -0.123. The lowest BCUT2D eigenvalue weighted by Gasteiger charge is -2.10. The molecule has 0 aliphatic heterocycles. The summed E-state index contributed by atoms with van der Waals surface area (Å²) in [6.45, 7) is 1.09. The zero-order chi connectivity index (χ0) is 16.5. The average Bonchev–Trinajstić information content (AvgIpc) is 2.52. The topological polar surface area (TPSA) is 100 Å². The molecule has 0 saturated heterocycles. The van der Waals surface area contributed by atoms with Crippen LogP contribution in [-0.4, -0.2) is 45.4 Å². The Kier molecular flexibility index (Phi) is 6.68. The summed E-state index contributed by atoms with van der Waals surface area (Å²) < 4.78 is 19.4. The quantitative estimate of drug-likeness (QED) is 0.786. The van der Waals surface area contributed by atoms with Crippen molar-refractivity contribution in [2.24, 2.45) is 0 Å². The van der Waals surface area contributed by atoms with E-state index in [0.29, 0.717) is 5.75 Å². The number of alkyl carbamates (subject to hydrolysis) is 1. The van der Waals surface area contributed by atoms with Crippen molar-refractivity contribution in [3.63, 3.8) is 0 Å². The molecule has 0 heterocycles. The predicted octanol–water partition coefficient (Wildman–Crippen LogP) is 1.13. The van der Waals surface area contributed by atoms with Crippen LogP contribution >= 0.6 is 0 Å². The Morgan fingerprint density at radius 2 is 1.82 bits per heavy atom. The number of imide groups is 1. The smallest absolute Gasteiger partial charge is 0.413 e. The fraction of sp³-hybridized carbons (Fsp3) is 0.357. The fourth-order valence-electron chi connectivity index (χ4n) is 1.50. The number of esters is 1. The molecule has 0 bridgehead atoms. The molecule has 0 aliphatic carbocycles. The van der Waals surface area contributed by atoms with Crippen molar-refractivity contribution in [2.75, 3.05) is 27.4 Å². The summed E-state index contributed by atoms with van der Waals surface area (Å²) in [6.07, 6.45) is -0.900. The van der Waals surface area contributed by atoms with E-state index in [-0.39, 0.29) is 17.9 Å². The Hall–Kier alpha value is -2.77. The molecule has 1 aromatic rings. The van der Waals surface area contributed by atoms with E-state index in [1.807, 2.05) is 5.32 Å². The minimum absolute atomic E-state index is 0.103. The van der Waals surface area contributed by atoms with Gasteiger partial charge >= 0.3 is 12.1 Å². The van der Waals surface area contributed by atoms with Gasteiger partial charge in [-0.2, -0.15) is 0 Å². The van der Waals surface area contributed by atoms with E-state index in [4.69, 9.17) is 14.2 Å². The third-order valence-corrected chi connectivity index (χ3v) is 2.48. The van der Waals surface area contributed by atoms with E-state index >= 15 is 0 Å². The molecule has 2 amide bonds. The number of hydrogen-bond donors (Lipinski definition) is 1. The summed E-state index contributed by atoms with van der Waals surface area (Å²) in [5.74, 6) is -0.872. The Morgan fingerprint density at radius 1 is 1.09 bits per heavy atom. The van der Waals surface area contributed by atoms with Crippen LogP contribution in [0.1, 0.15) is 17.3 Å². The summed E-state index contributed by atoms with van der Waals surface area (Å²) in [5, 5.41) is 1.91. The molecule has 120 valence electrons. The maximum Gasteiger partial charge on any atom is 0.413 e. The molecule has 0 fully saturated rings. The Labute approximate surface area is 127 Å². The number of methoxy groups -OCH3 is 2. The second-order valence-electron chi connectivity index (χ2n) is 3.91. The number of carbonyl (C=O) groups is 3. The first-order valence-corrected chi connectivity index (χ1v) is 6.37. The Bertz CT molecular complexity index is 556. The van der Waals surface area contributed by atoms with Crippen molar-refractivity contribution in [1.29, 1.82) is 0 Å². The molecule has 0 radical (unpaired) electrons. The highest BCUT2D eigenvalue weighted by Crippen LogP contribution is 2.24. The zero-order valence-corrected chi connectivity index (χ0v) is 12.5. The zero-order valence-electron chi connectivity index (χ0n) is 12.5. The van der Waals surface area contributed by atoms with Gasteiger partial charge in [0.15, 0.2) is 6.61 Å². The van der Waals surface area contributed by atoms with Crippen molar-refractivity contribution >= 4 is 18.0 Å². The number of carbonyl (C=O) groups excluding carboxylic acids is 3. The summed E-state index contributed by atoms with van der Waals surface area (Å²) in [4.78, 5) is 34.4. The molecule has 1 rings (SSSR count). The number of hydrogen-bond acceptors (Lipinski definition) is 7. The maximum atomic E-state index is 12.0. The Balaban J connectivity index is 2.65. The summed E-state index contributed by atoms with van der Waals surface area (Å²) in [6, 6.07) is 4.57. The highest BCUT2D eigenvalue weighted by Gasteiger charge is 2.17. The third kappa shape index (κ3) is 4.97. The highest BCUT2D eigenvalue weighted by molar-refractivity contribution is 5.96. The molecule has 0 aliphatic rings. The van der Waals surface area contributed by atoms with Gasteiger partial charge < -0.3 is 18.9 Å². The molecular weight excluding hydrogens is 294 g/mol. The van der Waals surface area contributed by atoms with Gasteiger partial charge in [-0.15, -0.1) is 0 Å². The molecule has 1 N–H and O–H groups in total. The standard InChI is InChI=1S/C14H17NO7/c1-4-21-14(18)15-12(16)8-22-13(17)10-7-9(19-2)5-6-11(10)20-3/h5-7H,4,8H2,1-3H3,(H,15,16,18). The number of amides is 2. The van der Waals surface area contributed by atoms with Crippen LogP contribution in [0.3, 0.4) is 0 Å². The molecule has 8 heteroatoms. The van der Waals surface area contributed by atoms with E-state index in [0.717, 1.165) is 0 Å². The van der Waals surface area contributed by atoms with Crippen LogP contribution in [0.15, 0.2) is 18.2 Å². The van der Waals surface area contributed by atoms with Crippen LogP contribution in [0.5, 0.6) is 11.5 Å². The first kappa shape index (κ1) is 17.3. The van der Waals surface area contributed by atoms with Crippen LogP contribution in [0.4, 0.5) is 4.79 Å². The van der Waals surface area contributed by atoms with E-state index in [1.54, 1.807) is 13.0 Å². The fourth-order valence-corrected chi connectivity index (χ4v) is 1.50. The largest absolute Gasteiger partial charge is 0.497 e. The summed E-state index contributed by atoms with van der Waals surface area (Å²) in [7, 11) is 2.84. The van der Waals surface area contributed by atoms with Gasteiger partial charge in [0.25, 0.3) is 5.91 Å².